The van der Waals surface area contributed by atoms with Gasteiger partial charge >= 0.3 is 0 Å². The van der Waals surface area contributed by atoms with Crippen LogP contribution >= 0.6 is 0 Å². The van der Waals surface area contributed by atoms with Crippen molar-refractivity contribution >= 4 is 0 Å². The summed E-state index contributed by atoms with van der Waals surface area (Å²) in [6, 6.07) is 0. The molecule has 3 unspecified atom stereocenters. The van der Waals surface area contributed by atoms with E-state index in [1.54, 1.807) is 5.57 Å². The maximum Gasteiger partial charge on any atom is 0.144 e. The van der Waals surface area contributed by atoms with Gasteiger partial charge in [-0.25, -0.2) is 0 Å². The minimum atomic E-state index is -0.673. The van der Waals surface area contributed by atoms with E-state index in [1.165, 1.54) is 38.5 Å². The summed E-state index contributed by atoms with van der Waals surface area (Å²) in [5.41, 5.74) is 1.89. The Balaban J connectivity index is 1.41. The smallest absolute Gasteiger partial charge is 0.144 e. The van der Waals surface area contributed by atoms with Crippen LogP contribution in [0, 0.1) is 23.2 Å². The number of aliphatic hydroxyl groups is 3. The molecule has 4 rings (SSSR count). The van der Waals surface area contributed by atoms with Gasteiger partial charge in [0.25, 0.3) is 0 Å². The summed E-state index contributed by atoms with van der Waals surface area (Å²) >= 11 is 0. The first-order valence-corrected chi connectivity index (χ1v) is 12.7. The molecule has 1 spiro atoms. The molecule has 0 bridgehead atoms. The molecule has 1 saturated heterocycles. The Morgan fingerprint density at radius 2 is 1.84 bits per heavy atom. The Labute approximate surface area is 188 Å². The molecule has 0 aromatic carbocycles. The molecule has 3 saturated carbocycles. The number of hydrogen-bond acceptors (Lipinski definition) is 4. The Hall–Kier alpha value is -0.680. The second kappa shape index (κ2) is 8.59. The van der Waals surface area contributed by atoms with Gasteiger partial charge in [-0.2, -0.15) is 0 Å². The second-order valence-corrected chi connectivity index (χ2v) is 12.0. The van der Waals surface area contributed by atoms with Gasteiger partial charge in [0.2, 0.25) is 0 Å². The summed E-state index contributed by atoms with van der Waals surface area (Å²) in [6.07, 6.45) is 14.2. The first-order chi connectivity index (χ1) is 14.6. The molecule has 0 amide bonds. The van der Waals surface area contributed by atoms with Crippen LogP contribution in [0.4, 0.5) is 0 Å². The molecule has 6 atom stereocenters. The largest absolute Gasteiger partial charge is 0.390 e. The van der Waals surface area contributed by atoms with Gasteiger partial charge in [-0.15, -0.1) is 0 Å². The third-order valence-corrected chi connectivity index (χ3v) is 9.22. The van der Waals surface area contributed by atoms with Crippen molar-refractivity contribution in [3.8, 4) is 0 Å². The maximum absolute atomic E-state index is 10.4. The van der Waals surface area contributed by atoms with E-state index < -0.39 is 23.4 Å². The summed E-state index contributed by atoms with van der Waals surface area (Å²) < 4.78 is 5.40. The Bertz CT molecular complexity index is 697. The summed E-state index contributed by atoms with van der Waals surface area (Å²) in [5, 5.41) is 30.9. The predicted molar refractivity (Wildman–Crippen MR) is 124 cm³/mol. The van der Waals surface area contributed by atoms with Gasteiger partial charge in [0, 0.05) is 0 Å². The minimum absolute atomic E-state index is 0.383. The number of allylic oxidation sites excluding steroid dienone is 3. The van der Waals surface area contributed by atoms with Crippen molar-refractivity contribution in [1.82, 2.24) is 0 Å². The van der Waals surface area contributed by atoms with E-state index in [1.807, 2.05) is 13.8 Å². The lowest BCUT2D eigenvalue weighted by atomic mass is 9.60. The highest BCUT2D eigenvalue weighted by molar-refractivity contribution is 5.28. The topological polar surface area (TPSA) is 73.2 Å². The van der Waals surface area contributed by atoms with Gasteiger partial charge in [0.05, 0.1) is 24.4 Å². The number of ether oxygens (including phenoxy) is 1. The predicted octanol–water partition coefficient (Wildman–Crippen LogP) is 4.92. The molecule has 4 aliphatic rings. The van der Waals surface area contributed by atoms with Gasteiger partial charge in [0.1, 0.15) is 5.60 Å². The third kappa shape index (κ3) is 4.69. The highest BCUT2D eigenvalue weighted by Crippen LogP contribution is 2.60. The van der Waals surface area contributed by atoms with Crippen molar-refractivity contribution < 1.29 is 20.1 Å². The number of aliphatic hydroxyl groups excluding tert-OH is 2. The molecule has 0 aromatic heterocycles. The van der Waals surface area contributed by atoms with Crippen LogP contribution in [0.3, 0.4) is 0 Å². The summed E-state index contributed by atoms with van der Waals surface area (Å²) in [7, 11) is 0. The third-order valence-electron chi connectivity index (χ3n) is 9.22. The number of epoxide rings is 1. The average Bonchev–Trinajstić information content (AvgIpc) is 3.40. The van der Waals surface area contributed by atoms with Crippen LogP contribution in [0.2, 0.25) is 0 Å². The van der Waals surface area contributed by atoms with Crippen molar-refractivity contribution in [2.75, 3.05) is 6.61 Å². The molecule has 3 N–H and O–H groups in total. The van der Waals surface area contributed by atoms with E-state index in [9.17, 15) is 15.3 Å². The Kier molecular flexibility index (Phi) is 6.51. The Morgan fingerprint density at radius 3 is 2.45 bits per heavy atom. The zero-order valence-electron chi connectivity index (χ0n) is 20.1. The van der Waals surface area contributed by atoms with E-state index in [0.717, 1.165) is 24.3 Å². The van der Waals surface area contributed by atoms with Gasteiger partial charge in [-0.3, -0.25) is 0 Å². The van der Waals surface area contributed by atoms with Crippen LogP contribution in [0.1, 0.15) is 91.9 Å². The van der Waals surface area contributed by atoms with Crippen LogP contribution in [-0.4, -0.2) is 45.3 Å². The van der Waals surface area contributed by atoms with Crippen LogP contribution in [0.5, 0.6) is 0 Å². The van der Waals surface area contributed by atoms with E-state index >= 15 is 0 Å². The van der Waals surface area contributed by atoms with Crippen molar-refractivity contribution in [1.29, 1.82) is 0 Å². The first-order valence-electron chi connectivity index (χ1n) is 12.7. The molecule has 176 valence electrons. The molecular formula is C27H44O4. The normalized spacial score (nSPS) is 42.7. The van der Waals surface area contributed by atoms with Crippen LogP contribution in [0.25, 0.3) is 0 Å². The second-order valence-electron chi connectivity index (χ2n) is 12.0. The maximum atomic E-state index is 10.4. The fraction of sp³-hybridized carbons (Fsp3) is 0.852. The molecular weight excluding hydrogens is 388 g/mol. The lowest BCUT2D eigenvalue weighted by Gasteiger charge is -2.44. The van der Waals surface area contributed by atoms with Crippen molar-refractivity contribution in [3.63, 3.8) is 0 Å². The van der Waals surface area contributed by atoms with Crippen molar-refractivity contribution in [2.45, 2.75) is 115 Å². The fourth-order valence-electron chi connectivity index (χ4n) is 7.25. The van der Waals surface area contributed by atoms with E-state index in [4.69, 9.17) is 4.74 Å². The molecule has 0 aromatic rings. The number of fused-ring (bicyclic) bond motifs is 1. The van der Waals surface area contributed by atoms with Crippen LogP contribution in [-0.2, 0) is 4.74 Å². The summed E-state index contributed by atoms with van der Waals surface area (Å²) in [6.45, 7) is 9.28. The van der Waals surface area contributed by atoms with Crippen molar-refractivity contribution in [3.05, 3.63) is 23.3 Å². The summed E-state index contributed by atoms with van der Waals surface area (Å²) in [4.78, 5) is 0. The SMILES string of the molecule is C[C@H](CCCC(C)(C)O)C1CCC2C(=CC=C3C[C@@H](O)C4(CO4)[C@H](O)C3)CCCC21C. The standard InChI is InChI=1S/C27H44O4/c1-18(7-5-13-25(2,3)30)21-11-12-22-20(8-6-14-26(21,22)4)10-9-19-15-23(28)27(17-31-27)24(29)16-19/h9-10,18,21-24,28-30H,5-8,11-17H2,1-4H3/t18-,21?,22?,23-,24-,26?,27?/m1/s1. The molecule has 0 radical (unpaired) electrons. The van der Waals surface area contributed by atoms with Gasteiger partial charge in [0.15, 0.2) is 0 Å². The molecule has 4 fully saturated rings. The average molecular weight is 433 g/mol. The molecule has 31 heavy (non-hydrogen) atoms. The highest BCUT2D eigenvalue weighted by Gasteiger charge is 2.59. The Morgan fingerprint density at radius 1 is 1.16 bits per heavy atom. The lowest BCUT2D eigenvalue weighted by Crippen LogP contribution is -2.45. The van der Waals surface area contributed by atoms with E-state index in [2.05, 4.69) is 26.0 Å². The zero-order valence-corrected chi connectivity index (χ0v) is 20.1. The first kappa shape index (κ1) is 23.5. The lowest BCUT2D eigenvalue weighted by molar-refractivity contribution is -0.0292. The summed E-state index contributed by atoms with van der Waals surface area (Å²) in [5.74, 6) is 2.13. The van der Waals surface area contributed by atoms with Crippen molar-refractivity contribution in [2.24, 2.45) is 23.2 Å². The number of rotatable bonds is 6. The van der Waals surface area contributed by atoms with Crippen LogP contribution in [0.15, 0.2) is 23.3 Å². The zero-order chi connectivity index (χ0) is 22.4. The molecule has 3 aliphatic carbocycles. The van der Waals surface area contributed by atoms with E-state index in [0.29, 0.717) is 36.7 Å². The fourth-order valence-corrected chi connectivity index (χ4v) is 7.25. The number of hydrogen-bond donors (Lipinski definition) is 3. The monoisotopic (exact) mass is 432 g/mol. The minimum Gasteiger partial charge on any atom is -0.390 e. The van der Waals surface area contributed by atoms with Gasteiger partial charge < -0.3 is 20.1 Å². The van der Waals surface area contributed by atoms with Gasteiger partial charge in [-0.1, -0.05) is 50.0 Å². The molecule has 1 heterocycles. The molecule has 4 heteroatoms. The quantitative estimate of drug-likeness (QED) is 0.521. The molecule has 4 nitrogen and oxygen atoms in total. The van der Waals surface area contributed by atoms with Gasteiger partial charge in [-0.05, 0) is 88.4 Å². The molecule has 1 aliphatic heterocycles. The van der Waals surface area contributed by atoms with Crippen LogP contribution < -0.4 is 0 Å². The highest BCUT2D eigenvalue weighted by atomic mass is 16.6. The van der Waals surface area contributed by atoms with E-state index in [-0.39, 0.29) is 0 Å².